The Morgan fingerprint density at radius 3 is 1.55 bits per heavy atom. The zero-order valence-corrected chi connectivity index (χ0v) is 15.1. The lowest BCUT2D eigenvalue weighted by Crippen LogP contribution is -2.38. The van der Waals surface area contributed by atoms with E-state index in [1.54, 1.807) is 0 Å². The smallest absolute Gasteiger partial charge is 0.222 e. The van der Waals surface area contributed by atoms with E-state index in [-0.39, 0.29) is 17.9 Å². The quantitative estimate of drug-likeness (QED) is 0.397. The summed E-state index contributed by atoms with van der Waals surface area (Å²) in [5.41, 5.74) is 11.4. The van der Waals surface area contributed by atoms with Crippen molar-refractivity contribution in [3.05, 3.63) is 0 Å². The second-order valence-corrected chi connectivity index (χ2v) is 6.76. The molecule has 132 valence electrons. The number of nitrogens with two attached hydrogens (primary N) is 2. The van der Waals surface area contributed by atoms with E-state index in [2.05, 4.69) is 6.92 Å². The number of rotatable bonds is 16. The van der Waals surface area contributed by atoms with Gasteiger partial charge in [-0.3, -0.25) is 4.79 Å². The summed E-state index contributed by atoms with van der Waals surface area (Å²) in [6.45, 7) is 4.28. The van der Waals surface area contributed by atoms with Gasteiger partial charge in [0.05, 0.1) is 5.92 Å². The Kier molecular flexibility index (Phi) is 14.9. The molecule has 4 N–H and O–H groups in total. The van der Waals surface area contributed by atoms with Crippen LogP contribution in [-0.2, 0) is 4.79 Å². The zero-order valence-electron chi connectivity index (χ0n) is 15.1. The molecule has 0 fully saturated rings. The van der Waals surface area contributed by atoms with Crippen molar-refractivity contribution in [2.45, 2.75) is 110 Å². The molecule has 0 aliphatic carbocycles. The maximum absolute atomic E-state index is 11.4. The number of hydrogen-bond donors (Lipinski definition) is 2. The summed E-state index contributed by atoms with van der Waals surface area (Å²) < 4.78 is 0. The predicted octanol–water partition coefficient (Wildman–Crippen LogP) is 4.92. The van der Waals surface area contributed by atoms with Crippen molar-refractivity contribution < 1.29 is 4.79 Å². The Labute approximate surface area is 138 Å². The van der Waals surface area contributed by atoms with Gasteiger partial charge < -0.3 is 11.5 Å². The molecule has 0 aromatic heterocycles. The van der Waals surface area contributed by atoms with Crippen LogP contribution in [0.25, 0.3) is 0 Å². The summed E-state index contributed by atoms with van der Waals surface area (Å²) in [5, 5.41) is 0. The SMILES string of the molecule is CCCCCCCCCCCCCCC(C(N)=O)C(N)CC. The minimum Gasteiger partial charge on any atom is -0.369 e. The fourth-order valence-electron chi connectivity index (χ4n) is 3.06. The highest BCUT2D eigenvalue weighted by Gasteiger charge is 2.21. The lowest BCUT2D eigenvalue weighted by Gasteiger charge is -2.19. The Bertz CT molecular complexity index is 256. The summed E-state index contributed by atoms with van der Waals surface area (Å²) >= 11 is 0. The third kappa shape index (κ3) is 12.0. The molecule has 0 spiro atoms. The number of unbranched alkanes of at least 4 members (excludes halogenated alkanes) is 11. The molecule has 1 amide bonds. The molecule has 2 unspecified atom stereocenters. The van der Waals surface area contributed by atoms with Crippen molar-refractivity contribution in [1.29, 1.82) is 0 Å². The van der Waals surface area contributed by atoms with Crippen LogP contribution >= 0.6 is 0 Å². The molecule has 0 saturated heterocycles. The van der Waals surface area contributed by atoms with Crippen LogP contribution in [0.2, 0.25) is 0 Å². The van der Waals surface area contributed by atoms with Crippen LogP contribution in [0.4, 0.5) is 0 Å². The third-order valence-electron chi connectivity index (χ3n) is 4.72. The van der Waals surface area contributed by atoms with Gasteiger partial charge in [-0.05, 0) is 12.8 Å². The minimum absolute atomic E-state index is 0.0646. The minimum atomic E-state index is -0.225. The van der Waals surface area contributed by atoms with Gasteiger partial charge in [-0.1, -0.05) is 90.9 Å². The van der Waals surface area contributed by atoms with E-state index in [9.17, 15) is 4.79 Å². The summed E-state index contributed by atoms with van der Waals surface area (Å²) in [6.07, 6.45) is 17.7. The fourth-order valence-corrected chi connectivity index (χ4v) is 3.06. The van der Waals surface area contributed by atoms with E-state index in [0.717, 1.165) is 19.3 Å². The fraction of sp³-hybridized carbons (Fsp3) is 0.947. The summed E-state index contributed by atoms with van der Waals surface area (Å²) in [5.74, 6) is -0.356. The van der Waals surface area contributed by atoms with Crippen molar-refractivity contribution >= 4 is 5.91 Å². The summed E-state index contributed by atoms with van der Waals surface area (Å²) in [7, 11) is 0. The third-order valence-corrected chi connectivity index (χ3v) is 4.72. The van der Waals surface area contributed by atoms with E-state index in [1.165, 1.54) is 70.6 Å². The van der Waals surface area contributed by atoms with Crippen LogP contribution < -0.4 is 11.5 Å². The second-order valence-electron chi connectivity index (χ2n) is 6.76. The van der Waals surface area contributed by atoms with Crippen LogP contribution in [-0.4, -0.2) is 11.9 Å². The van der Waals surface area contributed by atoms with Crippen LogP contribution in [0.3, 0.4) is 0 Å². The Hall–Kier alpha value is -0.570. The van der Waals surface area contributed by atoms with Gasteiger partial charge in [-0.15, -0.1) is 0 Å². The van der Waals surface area contributed by atoms with Crippen LogP contribution in [0.1, 0.15) is 104 Å². The first kappa shape index (κ1) is 21.4. The first-order valence-corrected chi connectivity index (χ1v) is 9.68. The Morgan fingerprint density at radius 2 is 1.18 bits per heavy atom. The van der Waals surface area contributed by atoms with E-state index in [0.29, 0.717) is 0 Å². The topological polar surface area (TPSA) is 69.1 Å². The van der Waals surface area contributed by atoms with E-state index < -0.39 is 0 Å². The van der Waals surface area contributed by atoms with Crippen molar-refractivity contribution in [2.24, 2.45) is 17.4 Å². The van der Waals surface area contributed by atoms with Gasteiger partial charge in [-0.25, -0.2) is 0 Å². The number of carbonyl (C=O) groups is 1. The van der Waals surface area contributed by atoms with Gasteiger partial charge in [0, 0.05) is 6.04 Å². The molecule has 0 aliphatic heterocycles. The Balaban J connectivity index is 3.37. The van der Waals surface area contributed by atoms with Gasteiger partial charge in [0.15, 0.2) is 0 Å². The second kappa shape index (κ2) is 15.3. The van der Waals surface area contributed by atoms with Gasteiger partial charge in [-0.2, -0.15) is 0 Å². The molecule has 0 heterocycles. The largest absolute Gasteiger partial charge is 0.369 e. The van der Waals surface area contributed by atoms with Crippen LogP contribution in [0.15, 0.2) is 0 Å². The van der Waals surface area contributed by atoms with Crippen LogP contribution in [0, 0.1) is 5.92 Å². The van der Waals surface area contributed by atoms with E-state index in [4.69, 9.17) is 11.5 Å². The number of carbonyl (C=O) groups excluding carboxylic acids is 1. The highest BCUT2D eigenvalue weighted by atomic mass is 16.1. The Morgan fingerprint density at radius 1 is 0.773 bits per heavy atom. The highest BCUT2D eigenvalue weighted by molar-refractivity contribution is 5.77. The normalized spacial score (nSPS) is 14.0. The van der Waals surface area contributed by atoms with Crippen molar-refractivity contribution in [2.75, 3.05) is 0 Å². The lowest BCUT2D eigenvalue weighted by atomic mass is 9.91. The molecular formula is C19H40N2O. The predicted molar refractivity (Wildman–Crippen MR) is 96.6 cm³/mol. The maximum atomic E-state index is 11.4. The number of hydrogen-bond acceptors (Lipinski definition) is 2. The van der Waals surface area contributed by atoms with Crippen molar-refractivity contribution in [3.63, 3.8) is 0 Å². The summed E-state index contributed by atoms with van der Waals surface area (Å²) in [6, 6.07) is -0.0646. The van der Waals surface area contributed by atoms with Gasteiger partial charge in [0.1, 0.15) is 0 Å². The first-order valence-electron chi connectivity index (χ1n) is 9.68. The van der Waals surface area contributed by atoms with Gasteiger partial charge >= 0.3 is 0 Å². The average molecular weight is 313 g/mol. The maximum Gasteiger partial charge on any atom is 0.222 e. The average Bonchev–Trinajstić information content (AvgIpc) is 2.51. The van der Waals surface area contributed by atoms with Crippen molar-refractivity contribution in [3.8, 4) is 0 Å². The molecule has 3 nitrogen and oxygen atoms in total. The molecule has 0 aliphatic rings. The van der Waals surface area contributed by atoms with E-state index >= 15 is 0 Å². The molecule has 0 aromatic carbocycles. The van der Waals surface area contributed by atoms with Gasteiger partial charge in [0.25, 0.3) is 0 Å². The monoisotopic (exact) mass is 312 g/mol. The lowest BCUT2D eigenvalue weighted by molar-refractivity contribution is -0.122. The molecular weight excluding hydrogens is 272 g/mol. The molecule has 0 saturated carbocycles. The number of amides is 1. The van der Waals surface area contributed by atoms with E-state index in [1.807, 2.05) is 6.92 Å². The number of primary amides is 1. The highest BCUT2D eigenvalue weighted by Crippen LogP contribution is 2.17. The molecule has 0 rings (SSSR count). The van der Waals surface area contributed by atoms with Crippen molar-refractivity contribution in [1.82, 2.24) is 0 Å². The summed E-state index contributed by atoms with van der Waals surface area (Å²) in [4.78, 5) is 11.4. The molecule has 0 bridgehead atoms. The molecule has 0 radical (unpaired) electrons. The zero-order chi connectivity index (χ0) is 16.6. The molecule has 22 heavy (non-hydrogen) atoms. The molecule has 0 aromatic rings. The standard InChI is InChI=1S/C19H40N2O/c1-3-5-6-7-8-9-10-11-12-13-14-15-16-17(19(21)22)18(20)4-2/h17-18H,3-16,20H2,1-2H3,(H2,21,22). The van der Waals surface area contributed by atoms with Crippen LogP contribution in [0.5, 0.6) is 0 Å². The van der Waals surface area contributed by atoms with Gasteiger partial charge in [0.2, 0.25) is 5.91 Å². The molecule has 3 heteroatoms. The first-order chi connectivity index (χ1) is 10.6. The molecule has 2 atom stereocenters.